The van der Waals surface area contributed by atoms with Crippen molar-refractivity contribution in [1.82, 2.24) is 10.2 Å². The molecule has 0 radical (unpaired) electrons. The fourth-order valence-electron chi connectivity index (χ4n) is 2.86. The Hall–Kier alpha value is -1.13. The van der Waals surface area contributed by atoms with E-state index in [-0.39, 0.29) is 11.4 Å². The summed E-state index contributed by atoms with van der Waals surface area (Å²) in [4.78, 5) is 4.52. The lowest BCUT2D eigenvalue weighted by Crippen LogP contribution is -2.51. The molecule has 1 aliphatic rings. The first-order valence-electron chi connectivity index (χ1n) is 7.75. The monoisotopic (exact) mass is 293 g/mol. The van der Waals surface area contributed by atoms with E-state index in [1.807, 2.05) is 6.07 Å². The molecule has 4 heteroatoms. The van der Waals surface area contributed by atoms with Gasteiger partial charge in [-0.1, -0.05) is 12.1 Å². The van der Waals surface area contributed by atoms with Crippen LogP contribution in [0.25, 0.3) is 0 Å². The molecule has 1 fully saturated rings. The number of nitrogens with one attached hydrogen (secondary N) is 1. The van der Waals surface area contributed by atoms with Crippen LogP contribution >= 0.6 is 0 Å². The molecule has 1 aromatic carbocycles. The maximum atomic E-state index is 14.4. The first-order chi connectivity index (χ1) is 9.78. The van der Waals surface area contributed by atoms with Crippen molar-refractivity contribution in [2.45, 2.75) is 45.8 Å². The van der Waals surface area contributed by atoms with Gasteiger partial charge in [-0.2, -0.15) is 0 Å². The summed E-state index contributed by atoms with van der Waals surface area (Å²) in [7, 11) is 2.12. The third kappa shape index (κ3) is 4.17. The molecule has 0 aliphatic carbocycles. The lowest BCUT2D eigenvalue weighted by molar-refractivity contribution is 0.274. The van der Waals surface area contributed by atoms with E-state index in [2.05, 4.69) is 49.9 Å². The maximum absolute atomic E-state index is 14.4. The van der Waals surface area contributed by atoms with Gasteiger partial charge in [-0.3, -0.25) is 0 Å². The highest BCUT2D eigenvalue weighted by Gasteiger charge is 2.26. The molecule has 1 aliphatic heterocycles. The molecule has 0 aromatic heterocycles. The smallest absolute Gasteiger partial charge is 0.146 e. The molecule has 1 N–H and O–H groups in total. The van der Waals surface area contributed by atoms with Gasteiger partial charge in [-0.05, 0) is 46.4 Å². The second-order valence-corrected chi connectivity index (χ2v) is 7.16. The van der Waals surface area contributed by atoms with Gasteiger partial charge in [0.05, 0.1) is 5.69 Å². The number of piperazine rings is 1. The van der Waals surface area contributed by atoms with Crippen molar-refractivity contribution in [1.29, 1.82) is 0 Å². The Morgan fingerprint density at radius 2 is 2.00 bits per heavy atom. The zero-order valence-electron chi connectivity index (χ0n) is 13.9. The molecule has 1 unspecified atom stereocenters. The van der Waals surface area contributed by atoms with Crippen molar-refractivity contribution in [2.24, 2.45) is 0 Å². The fraction of sp³-hybridized carbons (Fsp3) is 0.647. The summed E-state index contributed by atoms with van der Waals surface area (Å²) in [5.41, 5.74) is 1.84. The van der Waals surface area contributed by atoms with E-state index in [1.54, 1.807) is 12.1 Å². The topological polar surface area (TPSA) is 18.5 Å². The van der Waals surface area contributed by atoms with E-state index in [9.17, 15) is 4.39 Å². The Labute approximate surface area is 128 Å². The first kappa shape index (κ1) is 16.2. The molecule has 1 atom stereocenters. The number of likely N-dealkylation sites (N-methyl/N-ethyl adjacent to an activating group) is 1. The van der Waals surface area contributed by atoms with Gasteiger partial charge in [0.15, 0.2) is 0 Å². The van der Waals surface area contributed by atoms with Crippen LogP contribution in [0.1, 0.15) is 33.3 Å². The molecular formula is C17H28FN3. The molecule has 0 saturated carbocycles. The Morgan fingerprint density at radius 3 is 2.62 bits per heavy atom. The summed E-state index contributed by atoms with van der Waals surface area (Å²) in [6.07, 6.45) is 0. The van der Waals surface area contributed by atoms with Crippen molar-refractivity contribution in [3.63, 3.8) is 0 Å². The minimum absolute atomic E-state index is 0.0251. The van der Waals surface area contributed by atoms with Crippen molar-refractivity contribution in [3.05, 3.63) is 29.6 Å². The van der Waals surface area contributed by atoms with Gasteiger partial charge in [0, 0.05) is 37.8 Å². The molecule has 0 amide bonds. The Balaban J connectivity index is 2.25. The lowest BCUT2D eigenvalue weighted by Gasteiger charge is -2.41. The SMILES string of the molecule is CC1CN(C)CCN1c1c(F)cccc1CNC(C)(C)C. The lowest BCUT2D eigenvalue weighted by atomic mass is 10.0. The molecule has 0 spiro atoms. The third-order valence-electron chi connectivity index (χ3n) is 4.00. The molecule has 1 saturated heterocycles. The number of nitrogens with zero attached hydrogens (tertiary/aromatic N) is 2. The molecule has 1 aromatic rings. The fourth-order valence-corrected chi connectivity index (χ4v) is 2.86. The highest BCUT2D eigenvalue weighted by Crippen LogP contribution is 2.28. The number of anilines is 1. The van der Waals surface area contributed by atoms with Gasteiger partial charge in [-0.15, -0.1) is 0 Å². The van der Waals surface area contributed by atoms with Crippen molar-refractivity contribution in [2.75, 3.05) is 31.6 Å². The van der Waals surface area contributed by atoms with Gasteiger partial charge in [0.2, 0.25) is 0 Å². The summed E-state index contributed by atoms with van der Waals surface area (Å²) < 4.78 is 14.4. The summed E-state index contributed by atoms with van der Waals surface area (Å²) in [6, 6.07) is 5.73. The van der Waals surface area contributed by atoms with Crippen LogP contribution < -0.4 is 10.2 Å². The predicted molar refractivity (Wildman–Crippen MR) is 87.3 cm³/mol. The van der Waals surface area contributed by atoms with Gasteiger partial charge in [0.1, 0.15) is 5.82 Å². The van der Waals surface area contributed by atoms with Gasteiger partial charge >= 0.3 is 0 Å². The Morgan fingerprint density at radius 1 is 1.29 bits per heavy atom. The van der Waals surface area contributed by atoms with E-state index in [0.29, 0.717) is 12.6 Å². The highest BCUT2D eigenvalue weighted by atomic mass is 19.1. The minimum atomic E-state index is -0.111. The highest BCUT2D eigenvalue weighted by molar-refractivity contribution is 5.56. The van der Waals surface area contributed by atoms with Crippen LogP contribution in [0, 0.1) is 5.82 Å². The summed E-state index contributed by atoms with van der Waals surface area (Å²) in [6.45, 7) is 12.1. The van der Waals surface area contributed by atoms with Crippen LogP contribution in [0.4, 0.5) is 10.1 Å². The molecule has 0 bridgehead atoms. The number of hydrogen-bond donors (Lipinski definition) is 1. The van der Waals surface area contributed by atoms with Crippen LogP contribution in [0.5, 0.6) is 0 Å². The average molecular weight is 293 g/mol. The standard InChI is InChI=1S/C17H28FN3/c1-13-12-20(5)9-10-21(13)16-14(7-6-8-15(16)18)11-19-17(2,3)4/h6-8,13,19H,9-12H2,1-5H3. The summed E-state index contributed by atoms with van der Waals surface area (Å²) >= 11 is 0. The van der Waals surface area contributed by atoms with Gasteiger partial charge < -0.3 is 15.1 Å². The summed E-state index contributed by atoms with van der Waals surface area (Å²) in [5.74, 6) is -0.111. The van der Waals surface area contributed by atoms with Crippen molar-refractivity contribution < 1.29 is 4.39 Å². The zero-order valence-corrected chi connectivity index (χ0v) is 13.9. The molecular weight excluding hydrogens is 265 g/mol. The molecule has 3 nitrogen and oxygen atoms in total. The van der Waals surface area contributed by atoms with Crippen LogP contribution in [0.3, 0.4) is 0 Å². The van der Waals surface area contributed by atoms with Crippen LogP contribution in [0.15, 0.2) is 18.2 Å². The molecule has 21 heavy (non-hydrogen) atoms. The number of para-hydroxylation sites is 1. The van der Waals surface area contributed by atoms with Crippen molar-refractivity contribution in [3.8, 4) is 0 Å². The number of halogens is 1. The van der Waals surface area contributed by atoms with Crippen LogP contribution in [0.2, 0.25) is 0 Å². The van der Waals surface area contributed by atoms with Gasteiger partial charge in [-0.25, -0.2) is 4.39 Å². The number of benzene rings is 1. The van der Waals surface area contributed by atoms with Gasteiger partial charge in [0.25, 0.3) is 0 Å². The third-order valence-corrected chi connectivity index (χ3v) is 4.00. The largest absolute Gasteiger partial charge is 0.364 e. The van der Waals surface area contributed by atoms with E-state index >= 15 is 0 Å². The molecule has 2 rings (SSSR count). The quantitative estimate of drug-likeness (QED) is 0.924. The minimum Gasteiger partial charge on any atom is -0.364 e. The van der Waals surface area contributed by atoms with E-state index in [0.717, 1.165) is 30.9 Å². The normalized spacial score (nSPS) is 20.9. The zero-order chi connectivity index (χ0) is 15.6. The number of hydrogen-bond acceptors (Lipinski definition) is 3. The average Bonchev–Trinajstić information content (AvgIpc) is 2.37. The summed E-state index contributed by atoms with van der Waals surface area (Å²) in [5, 5.41) is 3.46. The Kier molecular flexibility index (Phi) is 4.89. The Bertz CT molecular complexity index is 481. The second kappa shape index (κ2) is 6.32. The molecule has 1 heterocycles. The van der Waals surface area contributed by atoms with Crippen LogP contribution in [-0.2, 0) is 6.54 Å². The predicted octanol–water partition coefficient (Wildman–Crippen LogP) is 2.85. The maximum Gasteiger partial charge on any atom is 0.146 e. The van der Waals surface area contributed by atoms with E-state index in [4.69, 9.17) is 0 Å². The molecule has 118 valence electrons. The van der Waals surface area contributed by atoms with E-state index in [1.165, 1.54) is 0 Å². The van der Waals surface area contributed by atoms with Crippen LogP contribution in [-0.4, -0.2) is 43.2 Å². The van der Waals surface area contributed by atoms with E-state index < -0.39 is 0 Å². The van der Waals surface area contributed by atoms with Crippen molar-refractivity contribution >= 4 is 5.69 Å². The second-order valence-electron chi connectivity index (χ2n) is 7.16. The number of rotatable bonds is 3. The first-order valence-corrected chi connectivity index (χ1v) is 7.75.